The van der Waals surface area contributed by atoms with Gasteiger partial charge >= 0.3 is 0 Å². The number of nitrogens with one attached hydrogen (secondary N) is 2. The van der Waals surface area contributed by atoms with Crippen molar-refractivity contribution in [3.05, 3.63) is 92.2 Å². The average molecular weight is 827 g/mol. The number of amides is 1. The molecule has 57 heavy (non-hydrogen) atoms. The molecule has 14 heteroatoms. The highest BCUT2D eigenvalue weighted by Crippen LogP contribution is 2.62. The molecule has 0 radical (unpaired) electrons. The number of hydrogen-bond donors (Lipinski definition) is 3. The quantitative estimate of drug-likeness (QED) is 0.150. The number of ether oxygens (including phenoxy) is 1. The lowest BCUT2D eigenvalue weighted by atomic mass is 9.71. The molecule has 10 bridgehead atoms. The highest BCUT2D eigenvalue weighted by molar-refractivity contribution is 6.38. The maximum Gasteiger partial charge on any atom is 0.250 e. The van der Waals surface area contributed by atoms with Gasteiger partial charge in [0.2, 0.25) is 11.8 Å². The van der Waals surface area contributed by atoms with Crippen LogP contribution in [0.4, 0.5) is 5.69 Å². The largest absolute Gasteiger partial charge is 0.469 e. The number of benzene rings is 3. The lowest BCUT2D eigenvalue weighted by Crippen LogP contribution is -2.43. The minimum atomic E-state index is -1.54. The number of halogens is 3. The van der Waals surface area contributed by atoms with E-state index < -0.39 is 29.2 Å². The van der Waals surface area contributed by atoms with Gasteiger partial charge in [0.25, 0.3) is 5.89 Å². The molecule has 7 heterocycles. The Morgan fingerprint density at radius 1 is 1.04 bits per heavy atom. The van der Waals surface area contributed by atoms with E-state index in [9.17, 15) is 14.7 Å². The summed E-state index contributed by atoms with van der Waals surface area (Å²) in [6.45, 7) is 7.45. The second-order valence-corrected chi connectivity index (χ2v) is 17.1. The fourth-order valence-corrected chi connectivity index (χ4v) is 10.1. The van der Waals surface area contributed by atoms with Crippen molar-refractivity contribution in [3.63, 3.8) is 0 Å². The fraction of sp³-hybridized carbons (Fsp3) is 0.349. The molecule has 0 saturated carbocycles. The lowest BCUT2D eigenvalue weighted by Gasteiger charge is -2.29. The SMILES string of the molecule is CCC(O)(CC)C(=O)CC1Cc2ccc3c(c2)C24c5cc(Cl)cc(c5NC2O3)-c2cccc3c2c(c(Cl)n3C)-c2oc(nc2Cl)-c2nc(oc24)C(C(C)C)NC1=O. The minimum Gasteiger partial charge on any atom is -0.469 e. The van der Waals surface area contributed by atoms with E-state index in [1.54, 1.807) is 13.8 Å². The number of fused-ring (bicyclic) bond motifs is 7. The molecule has 0 saturated heterocycles. The molecule has 6 aromatic rings. The number of hydrogen-bond acceptors (Lipinski definition) is 9. The van der Waals surface area contributed by atoms with Crippen LogP contribution in [0, 0.1) is 11.8 Å². The number of aliphatic hydroxyl groups is 1. The van der Waals surface area contributed by atoms with Gasteiger partial charge in [-0.25, -0.2) is 4.98 Å². The first kappa shape index (κ1) is 36.5. The van der Waals surface area contributed by atoms with Crippen molar-refractivity contribution in [3.8, 4) is 39.8 Å². The smallest absolute Gasteiger partial charge is 0.250 e. The van der Waals surface area contributed by atoms with Crippen LogP contribution in [0.5, 0.6) is 5.75 Å². The third kappa shape index (κ3) is 4.95. The van der Waals surface area contributed by atoms with Crippen LogP contribution in [-0.4, -0.2) is 43.2 Å². The topological polar surface area (TPSA) is 145 Å². The summed E-state index contributed by atoms with van der Waals surface area (Å²) in [6, 6.07) is 14.9. The van der Waals surface area contributed by atoms with E-state index >= 15 is 0 Å². The summed E-state index contributed by atoms with van der Waals surface area (Å²) in [5, 5.41) is 19.9. The molecule has 10 rings (SSSR count). The first-order valence-electron chi connectivity index (χ1n) is 19.2. The molecule has 3 aromatic heterocycles. The second-order valence-electron chi connectivity index (χ2n) is 15.9. The number of ketones is 1. The second kappa shape index (κ2) is 12.6. The number of anilines is 1. The monoisotopic (exact) mass is 825 g/mol. The molecule has 0 fully saturated rings. The molecule has 1 spiro atoms. The number of nitrogens with zero attached hydrogens (tertiary/aromatic N) is 3. The van der Waals surface area contributed by atoms with Crippen LogP contribution in [-0.2, 0) is 28.5 Å². The molecule has 4 aliphatic heterocycles. The number of Topliss-reactive ketones (excluding diaryl/α,β-unsaturated/α-hetero) is 1. The summed E-state index contributed by atoms with van der Waals surface area (Å²) in [4.78, 5) is 38.0. The van der Waals surface area contributed by atoms with Gasteiger partial charge in [-0.15, -0.1) is 0 Å². The zero-order valence-corrected chi connectivity index (χ0v) is 34.0. The van der Waals surface area contributed by atoms with Crippen LogP contribution in [0.3, 0.4) is 0 Å². The molecule has 4 aliphatic rings. The molecule has 0 aliphatic carbocycles. The highest BCUT2D eigenvalue weighted by Gasteiger charge is 2.62. The third-order valence-electron chi connectivity index (χ3n) is 12.6. The Kier molecular flexibility index (Phi) is 8.07. The van der Waals surface area contributed by atoms with E-state index in [0.717, 1.165) is 44.4 Å². The predicted molar refractivity (Wildman–Crippen MR) is 217 cm³/mol. The molecule has 4 unspecified atom stereocenters. The predicted octanol–water partition coefficient (Wildman–Crippen LogP) is 9.40. The van der Waals surface area contributed by atoms with Crippen LogP contribution < -0.4 is 15.4 Å². The van der Waals surface area contributed by atoms with Gasteiger partial charge in [0, 0.05) is 52.2 Å². The van der Waals surface area contributed by atoms with Crippen LogP contribution in [0.15, 0.2) is 57.4 Å². The average Bonchev–Trinajstić information content (AvgIpc) is 3.99. The molecule has 11 nitrogen and oxygen atoms in total. The summed E-state index contributed by atoms with van der Waals surface area (Å²) < 4.78 is 22.4. The van der Waals surface area contributed by atoms with Crippen molar-refractivity contribution >= 4 is 63.1 Å². The molecule has 292 valence electrons. The Hall–Kier alpha value is -4.81. The lowest BCUT2D eigenvalue weighted by molar-refractivity contribution is -0.141. The van der Waals surface area contributed by atoms with Crippen molar-refractivity contribution in [1.82, 2.24) is 19.9 Å². The summed E-state index contributed by atoms with van der Waals surface area (Å²) in [5.74, 6) is -0.266. The zero-order valence-electron chi connectivity index (χ0n) is 31.7. The summed E-state index contributed by atoms with van der Waals surface area (Å²) in [5.41, 5.74) is 3.63. The van der Waals surface area contributed by atoms with Gasteiger partial charge in [-0.1, -0.05) is 86.8 Å². The molecule has 3 aromatic carbocycles. The Morgan fingerprint density at radius 2 is 1.82 bits per heavy atom. The van der Waals surface area contributed by atoms with Crippen molar-refractivity contribution in [2.45, 2.75) is 76.7 Å². The fourth-order valence-electron chi connectivity index (χ4n) is 9.39. The Bertz CT molecular complexity index is 2730. The molecular formula is C43H38Cl3N5O6. The van der Waals surface area contributed by atoms with Gasteiger partial charge < -0.3 is 33.9 Å². The number of carbonyl (C=O) groups excluding carboxylic acids is 2. The van der Waals surface area contributed by atoms with Crippen molar-refractivity contribution in [2.24, 2.45) is 18.9 Å². The van der Waals surface area contributed by atoms with Crippen LogP contribution >= 0.6 is 34.8 Å². The zero-order chi connectivity index (χ0) is 39.9. The van der Waals surface area contributed by atoms with E-state index in [1.165, 1.54) is 0 Å². The normalized spacial score (nSPS) is 21.4. The van der Waals surface area contributed by atoms with E-state index in [1.807, 2.05) is 74.0 Å². The van der Waals surface area contributed by atoms with E-state index in [-0.39, 0.29) is 71.7 Å². The standard InChI is InChI=1S/C43H38Cl3N5O6/c1-6-42(54,7-2)28(52)15-20-13-19-11-12-27-24(14-19)43-25-17-21(44)16-23(32(25)49-41(43)55-27)22-9-8-10-26-29(22)30(37(46)51(26)5)34-36(45)50-40(56-34)33-35(43)57-39(48-33)31(18(3)4)47-38(20)53/h8-12,14,16-18,20,31,41,49,54H,6-7,13,15H2,1-5H3,(H,47,53). The minimum absolute atomic E-state index is 0.0818. The van der Waals surface area contributed by atoms with Crippen molar-refractivity contribution in [2.75, 3.05) is 5.32 Å². The third-order valence-corrected chi connectivity index (χ3v) is 13.5. The van der Waals surface area contributed by atoms with Gasteiger partial charge in [0.1, 0.15) is 28.0 Å². The Morgan fingerprint density at radius 3 is 2.58 bits per heavy atom. The Labute approximate surface area is 342 Å². The van der Waals surface area contributed by atoms with Crippen molar-refractivity contribution < 1.29 is 28.3 Å². The van der Waals surface area contributed by atoms with Crippen LogP contribution in [0.2, 0.25) is 15.3 Å². The van der Waals surface area contributed by atoms with Gasteiger partial charge in [0.05, 0.1) is 11.1 Å². The summed E-state index contributed by atoms with van der Waals surface area (Å²) in [6.07, 6.45) is -0.215. The Balaban J connectivity index is 1.31. The van der Waals surface area contributed by atoms with E-state index in [4.69, 9.17) is 58.3 Å². The van der Waals surface area contributed by atoms with Crippen LogP contribution in [0.25, 0.3) is 44.9 Å². The van der Waals surface area contributed by atoms with Gasteiger partial charge in [-0.3, -0.25) is 9.59 Å². The summed E-state index contributed by atoms with van der Waals surface area (Å²) in [7, 11) is 1.88. The number of oxazole rings is 2. The van der Waals surface area contributed by atoms with Gasteiger partial charge in [-0.2, -0.15) is 4.98 Å². The van der Waals surface area contributed by atoms with Gasteiger partial charge in [-0.05, 0) is 60.6 Å². The van der Waals surface area contributed by atoms with Crippen molar-refractivity contribution in [1.29, 1.82) is 0 Å². The number of aryl methyl sites for hydroxylation is 1. The highest BCUT2D eigenvalue weighted by atomic mass is 35.5. The maximum atomic E-state index is 14.4. The van der Waals surface area contributed by atoms with Gasteiger partial charge in [0.15, 0.2) is 34.4 Å². The van der Waals surface area contributed by atoms with E-state index in [0.29, 0.717) is 27.2 Å². The maximum absolute atomic E-state index is 14.4. The number of aromatic nitrogens is 3. The number of carbonyl (C=O) groups is 2. The molecule has 4 atom stereocenters. The first-order valence-corrected chi connectivity index (χ1v) is 20.3. The first-order chi connectivity index (χ1) is 27.3. The molecule has 1 amide bonds. The van der Waals surface area contributed by atoms with E-state index in [2.05, 4.69) is 10.6 Å². The molecular weight excluding hydrogens is 789 g/mol. The number of rotatable bonds is 6. The molecule has 3 N–H and O–H groups in total. The van der Waals surface area contributed by atoms with Crippen LogP contribution in [0.1, 0.15) is 81.3 Å². The summed E-state index contributed by atoms with van der Waals surface area (Å²) >= 11 is 21.3.